The van der Waals surface area contributed by atoms with E-state index >= 15 is 0 Å². The number of carbonyl (C=O) groups excluding carboxylic acids is 1. The van der Waals surface area contributed by atoms with Crippen molar-refractivity contribution in [2.75, 3.05) is 6.54 Å². The van der Waals surface area contributed by atoms with Crippen molar-refractivity contribution in [2.24, 2.45) is 0 Å². The Bertz CT molecular complexity index is 691. The molecule has 0 radical (unpaired) electrons. The second-order valence-electron chi connectivity index (χ2n) is 5.77. The molecular formula is C15H20N2O3S2. The van der Waals surface area contributed by atoms with Crippen LogP contribution in [0.3, 0.4) is 0 Å². The Morgan fingerprint density at radius 2 is 2.18 bits per heavy atom. The van der Waals surface area contributed by atoms with E-state index in [-0.39, 0.29) is 6.42 Å². The number of thiophene rings is 1. The zero-order chi connectivity index (χ0) is 15.6. The third-order valence-corrected chi connectivity index (χ3v) is 6.63. The molecule has 0 unspecified atom stereocenters. The van der Waals surface area contributed by atoms with Crippen molar-refractivity contribution in [2.45, 2.75) is 45.1 Å². The number of nitrogens with one attached hydrogen (secondary N) is 1. The van der Waals surface area contributed by atoms with Crippen LogP contribution in [0.25, 0.3) is 0 Å². The molecule has 3 rings (SSSR count). The van der Waals surface area contributed by atoms with Gasteiger partial charge in [0, 0.05) is 24.4 Å². The largest absolute Gasteiger partial charge is 0.304 e. The van der Waals surface area contributed by atoms with Crippen molar-refractivity contribution < 1.29 is 13.2 Å². The second kappa shape index (κ2) is 6.52. The smallest absolute Gasteiger partial charge is 0.274 e. The third-order valence-electron chi connectivity index (χ3n) is 4.13. The maximum absolute atomic E-state index is 12.3. The average molecular weight is 340 g/mol. The molecule has 1 aromatic heterocycles. The van der Waals surface area contributed by atoms with Gasteiger partial charge in [0.25, 0.3) is 0 Å². The number of fused-ring (bicyclic) bond motifs is 1. The van der Waals surface area contributed by atoms with Crippen molar-refractivity contribution in [3.63, 3.8) is 0 Å². The van der Waals surface area contributed by atoms with Crippen LogP contribution in [-0.2, 0) is 28.0 Å². The van der Waals surface area contributed by atoms with Gasteiger partial charge in [-0.25, -0.2) is 4.72 Å². The molecule has 0 aromatic carbocycles. The molecule has 5 nitrogen and oxygen atoms in total. The van der Waals surface area contributed by atoms with Gasteiger partial charge in [-0.1, -0.05) is 11.6 Å². The summed E-state index contributed by atoms with van der Waals surface area (Å²) >= 11 is 1.66. The molecule has 1 aromatic rings. The fourth-order valence-corrected chi connectivity index (χ4v) is 4.96. The van der Waals surface area contributed by atoms with Crippen molar-refractivity contribution in [3.8, 4) is 0 Å². The summed E-state index contributed by atoms with van der Waals surface area (Å²) in [6.07, 6.45) is 7.09. The molecule has 1 aliphatic carbocycles. The van der Waals surface area contributed by atoms with Gasteiger partial charge in [0.1, 0.15) is 0 Å². The highest BCUT2D eigenvalue weighted by atomic mass is 32.2. The van der Waals surface area contributed by atoms with Crippen LogP contribution in [-0.4, -0.2) is 25.2 Å². The van der Waals surface area contributed by atoms with Crippen LogP contribution in [0.15, 0.2) is 23.1 Å². The predicted molar refractivity (Wildman–Crippen MR) is 86.7 cm³/mol. The van der Waals surface area contributed by atoms with E-state index in [0.29, 0.717) is 19.5 Å². The lowest BCUT2D eigenvalue weighted by molar-refractivity contribution is -0.118. The highest BCUT2D eigenvalue weighted by molar-refractivity contribution is 7.87. The summed E-state index contributed by atoms with van der Waals surface area (Å²) in [5.74, 6) is -0.427. The van der Waals surface area contributed by atoms with Crippen LogP contribution < -0.4 is 4.72 Å². The molecule has 0 fully saturated rings. The summed E-state index contributed by atoms with van der Waals surface area (Å²) in [5, 5.41) is 1.98. The topological polar surface area (TPSA) is 66.5 Å². The van der Waals surface area contributed by atoms with E-state index in [1.54, 1.807) is 11.3 Å². The summed E-state index contributed by atoms with van der Waals surface area (Å²) in [6.45, 7) is 0.781. The first-order chi connectivity index (χ1) is 10.5. The minimum atomic E-state index is -3.74. The fraction of sp³-hybridized carbons (Fsp3) is 0.533. The molecule has 0 atom stereocenters. The van der Waals surface area contributed by atoms with Crippen molar-refractivity contribution in [1.29, 1.82) is 0 Å². The number of hydrogen-bond donors (Lipinski definition) is 1. The highest BCUT2D eigenvalue weighted by Gasteiger charge is 2.28. The maximum Gasteiger partial charge on any atom is 0.304 e. The predicted octanol–water partition coefficient (Wildman–Crippen LogP) is 2.36. The van der Waals surface area contributed by atoms with Gasteiger partial charge in [-0.2, -0.15) is 12.7 Å². The van der Waals surface area contributed by atoms with Crippen LogP contribution in [0.2, 0.25) is 0 Å². The first-order valence-electron chi connectivity index (χ1n) is 7.58. The normalized spacial score (nSPS) is 19.4. The first-order valence-corrected chi connectivity index (χ1v) is 9.90. The molecule has 22 heavy (non-hydrogen) atoms. The maximum atomic E-state index is 12.3. The quantitative estimate of drug-likeness (QED) is 0.856. The third kappa shape index (κ3) is 3.59. The van der Waals surface area contributed by atoms with E-state index < -0.39 is 16.1 Å². The molecule has 7 heteroatoms. The van der Waals surface area contributed by atoms with E-state index in [4.69, 9.17) is 0 Å². The lowest BCUT2D eigenvalue weighted by atomic mass is 9.97. The Kier molecular flexibility index (Phi) is 4.65. The molecule has 1 amide bonds. The van der Waals surface area contributed by atoms with Crippen LogP contribution in [0.4, 0.5) is 0 Å². The molecule has 1 N–H and O–H groups in total. The molecule has 0 saturated carbocycles. The van der Waals surface area contributed by atoms with E-state index in [1.165, 1.54) is 9.18 Å². The SMILES string of the molecule is O=C(CC1=CCCCC1)NS(=O)(=O)N1CCc2sccc2C1. The molecule has 2 heterocycles. The van der Waals surface area contributed by atoms with Crippen molar-refractivity contribution in [3.05, 3.63) is 33.5 Å². The highest BCUT2D eigenvalue weighted by Crippen LogP contribution is 2.25. The first kappa shape index (κ1) is 15.7. The van der Waals surface area contributed by atoms with Crippen LogP contribution in [0.5, 0.6) is 0 Å². The number of carbonyl (C=O) groups is 1. The Morgan fingerprint density at radius 3 is 2.95 bits per heavy atom. The van der Waals surface area contributed by atoms with Gasteiger partial charge in [0.15, 0.2) is 0 Å². The van der Waals surface area contributed by atoms with Crippen LogP contribution in [0, 0.1) is 0 Å². The Hall–Kier alpha value is -1.18. The average Bonchev–Trinajstić information content (AvgIpc) is 2.95. The molecule has 0 spiro atoms. The number of nitrogens with zero attached hydrogens (tertiary/aromatic N) is 1. The van der Waals surface area contributed by atoms with Gasteiger partial charge >= 0.3 is 10.2 Å². The van der Waals surface area contributed by atoms with Gasteiger partial charge in [-0.3, -0.25) is 4.79 Å². The summed E-state index contributed by atoms with van der Waals surface area (Å²) in [4.78, 5) is 13.3. The molecule has 1 aliphatic heterocycles. The monoisotopic (exact) mass is 340 g/mol. The second-order valence-corrected chi connectivity index (χ2v) is 8.44. The van der Waals surface area contributed by atoms with Gasteiger partial charge in [-0.15, -0.1) is 11.3 Å². The number of amides is 1. The summed E-state index contributed by atoms with van der Waals surface area (Å²) in [7, 11) is -3.74. The van der Waals surface area contributed by atoms with Crippen molar-refractivity contribution >= 4 is 27.5 Å². The summed E-state index contributed by atoms with van der Waals surface area (Å²) < 4.78 is 28.3. The van der Waals surface area contributed by atoms with Crippen molar-refractivity contribution in [1.82, 2.24) is 9.03 Å². The van der Waals surface area contributed by atoms with E-state index in [1.807, 2.05) is 11.4 Å². The van der Waals surface area contributed by atoms with E-state index in [2.05, 4.69) is 10.8 Å². The Labute approximate surface area is 135 Å². The Balaban J connectivity index is 1.61. The molecule has 0 saturated heterocycles. The van der Waals surface area contributed by atoms with Crippen LogP contribution >= 0.6 is 11.3 Å². The minimum Gasteiger partial charge on any atom is -0.274 e. The van der Waals surface area contributed by atoms with Crippen LogP contribution in [0.1, 0.15) is 42.5 Å². The van der Waals surface area contributed by atoms with Gasteiger partial charge in [0.05, 0.1) is 0 Å². The number of hydrogen-bond acceptors (Lipinski definition) is 4. The Morgan fingerprint density at radius 1 is 1.32 bits per heavy atom. The van der Waals surface area contributed by atoms with Gasteiger partial charge in [-0.05, 0) is 49.1 Å². The minimum absolute atomic E-state index is 0.191. The standard InChI is InChI=1S/C15H20N2O3S2/c18-15(10-12-4-2-1-3-5-12)16-22(19,20)17-8-6-14-13(11-17)7-9-21-14/h4,7,9H,1-3,5-6,8,10-11H2,(H,16,18). The lowest BCUT2D eigenvalue weighted by Gasteiger charge is -2.26. The van der Waals surface area contributed by atoms with E-state index in [9.17, 15) is 13.2 Å². The number of allylic oxidation sites excluding steroid dienone is 1. The fourth-order valence-electron chi connectivity index (χ4n) is 2.94. The zero-order valence-corrected chi connectivity index (χ0v) is 14.0. The van der Waals surface area contributed by atoms with Gasteiger partial charge < -0.3 is 0 Å². The zero-order valence-electron chi connectivity index (χ0n) is 12.4. The summed E-state index contributed by atoms with van der Waals surface area (Å²) in [5.41, 5.74) is 2.10. The van der Waals surface area contributed by atoms with Gasteiger partial charge in [0.2, 0.25) is 5.91 Å². The molecule has 2 aliphatic rings. The molecule has 0 bridgehead atoms. The summed E-state index contributed by atoms with van der Waals surface area (Å²) in [6, 6.07) is 1.95. The van der Waals surface area contributed by atoms with E-state index in [0.717, 1.165) is 36.8 Å². The number of rotatable bonds is 4. The molecular weight excluding hydrogens is 320 g/mol. The molecule has 120 valence electrons. The lowest BCUT2D eigenvalue weighted by Crippen LogP contribution is -2.45.